The number of rotatable bonds is 0. The van der Waals surface area contributed by atoms with Crippen LogP contribution in [-0.2, 0) is 20.7 Å². The molecular weight excluding hydrogens is 328 g/mol. The Kier molecular flexibility index (Phi) is 3.96. The van der Waals surface area contributed by atoms with Crippen molar-refractivity contribution < 1.29 is 8.42 Å². The Morgan fingerprint density at radius 2 is 1.08 bits per heavy atom. The third-order valence-corrected chi connectivity index (χ3v) is 7.17. The largest absolute Gasteiger partial charge is 0.218 e. The average Bonchev–Trinajstić information content (AvgIpc) is 2.50. The van der Waals surface area contributed by atoms with Crippen LogP contribution in [0.2, 0.25) is 0 Å². The van der Waals surface area contributed by atoms with Gasteiger partial charge in [-0.1, -0.05) is 72.7 Å². The van der Waals surface area contributed by atoms with E-state index >= 15 is 0 Å². The van der Waals surface area contributed by atoms with Crippen molar-refractivity contribution in [3.8, 4) is 0 Å². The van der Waals surface area contributed by atoms with E-state index in [1.54, 1.807) is 12.1 Å². The molecule has 0 saturated heterocycles. The molecule has 3 rings (SSSR count). The number of sulfone groups is 1. The Morgan fingerprint density at radius 3 is 1.40 bits per heavy atom. The van der Waals surface area contributed by atoms with Crippen molar-refractivity contribution in [1.82, 2.24) is 0 Å². The van der Waals surface area contributed by atoms with Crippen LogP contribution >= 0.6 is 0 Å². The molecule has 0 aliphatic carbocycles. The molecule has 0 fully saturated rings. The Balaban J connectivity index is 2.27. The average molecular weight is 357 g/mol. The number of fused-ring (bicyclic) bond motifs is 2. The lowest BCUT2D eigenvalue weighted by molar-refractivity contribution is 0.573. The van der Waals surface area contributed by atoms with Crippen LogP contribution in [0.15, 0.2) is 46.2 Å². The van der Waals surface area contributed by atoms with Gasteiger partial charge in [0.15, 0.2) is 0 Å². The summed E-state index contributed by atoms with van der Waals surface area (Å²) in [5.74, 6) is 0.0677. The van der Waals surface area contributed by atoms with Crippen molar-refractivity contribution in [2.24, 2.45) is 0 Å². The van der Waals surface area contributed by atoms with Crippen molar-refractivity contribution in [3.63, 3.8) is 0 Å². The molecule has 1 aliphatic rings. The van der Waals surface area contributed by atoms with Crippen LogP contribution < -0.4 is 0 Å². The maximum absolute atomic E-state index is 13.2. The second-order valence-electron chi connectivity index (χ2n) is 9.23. The molecule has 0 unspecified atom stereocenters. The van der Waals surface area contributed by atoms with Gasteiger partial charge in [-0.05, 0) is 45.2 Å². The molecule has 2 aromatic rings. The highest BCUT2D eigenvalue weighted by molar-refractivity contribution is 7.91. The second-order valence-corrected chi connectivity index (χ2v) is 11.1. The Morgan fingerprint density at radius 1 is 0.720 bits per heavy atom. The highest BCUT2D eigenvalue weighted by Crippen LogP contribution is 2.44. The number of hydrogen-bond donors (Lipinski definition) is 0. The SMILES string of the molecule is CC1c2cc(C(C)(C)C)ccc2S(=O)(=O)c2ccc(C(C)(C)C)cc21. The highest BCUT2D eigenvalue weighted by atomic mass is 32.2. The van der Waals surface area contributed by atoms with Gasteiger partial charge < -0.3 is 0 Å². The van der Waals surface area contributed by atoms with Crippen LogP contribution in [0.3, 0.4) is 0 Å². The number of benzene rings is 2. The van der Waals surface area contributed by atoms with E-state index in [1.807, 2.05) is 12.1 Å². The first-order valence-corrected chi connectivity index (χ1v) is 10.4. The van der Waals surface area contributed by atoms with Crippen molar-refractivity contribution in [2.45, 2.75) is 75.0 Å². The predicted molar refractivity (Wildman–Crippen MR) is 103 cm³/mol. The van der Waals surface area contributed by atoms with Gasteiger partial charge in [0.05, 0.1) is 9.79 Å². The summed E-state index contributed by atoms with van der Waals surface area (Å²) < 4.78 is 26.3. The zero-order valence-electron chi connectivity index (χ0n) is 16.3. The van der Waals surface area contributed by atoms with E-state index < -0.39 is 9.84 Å². The minimum atomic E-state index is -3.46. The van der Waals surface area contributed by atoms with E-state index in [0.29, 0.717) is 9.79 Å². The van der Waals surface area contributed by atoms with Crippen molar-refractivity contribution in [1.29, 1.82) is 0 Å². The van der Waals surface area contributed by atoms with Gasteiger partial charge in [0, 0.05) is 5.92 Å². The fourth-order valence-electron chi connectivity index (χ4n) is 3.48. The van der Waals surface area contributed by atoms with E-state index in [4.69, 9.17) is 0 Å². The maximum atomic E-state index is 13.2. The van der Waals surface area contributed by atoms with Gasteiger partial charge in [-0.2, -0.15) is 0 Å². The second kappa shape index (κ2) is 5.44. The van der Waals surface area contributed by atoms with E-state index in [-0.39, 0.29) is 16.7 Å². The van der Waals surface area contributed by atoms with Crippen LogP contribution in [0, 0.1) is 0 Å². The van der Waals surface area contributed by atoms with Crippen LogP contribution in [0.4, 0.5) is 0 Å². The van der Waals surface area contributed by atoms with Crippen LogP contribution in [0.1, 0.15) is 76.6 Å². The lowest BCUT2D eigenvalue weighted by Crippen LogP contribution is -2.21. The van der Waals surface area contributed by atoms with Gasteiger partial charge in [-0.15, -0.1) is 0 Å². The summed E-state index contributed by atoms with van der Waals surface area (Å²) in [4.78, 5) is 0.924. The molecule has 0 radical (unpaired) electrons. The monoisotopic (exact) mass is 356 g/mol. The molecule has 3 heteroatoms. The third-order valence-electron chi connectivity index (χ3n) is 5.26. The smallest absolute Gasteiger partial charge is 0.207 e. The summed E-state index contributed by atoms with van der Waals surface area (Å²) in [5.41, 5.74) is 4.17. The summed E-state index contributed by atoms with van der Waals surface area (Å²) in [6.07, 6.45) is 0. The van der Waals surface area contributed by atoms with E-state index in [2.05, 4.69) is 60.6 Å². The Labute approximate surface area is 152 Å². The standard InChI is InChI=1S/C22H28O2S/c1-14-17-12-15(21(2,3)4)8-10-19(17)25(23,24)20-11-9-16(13-18(14)20)22(5,6)7/h8-14H,1-7H3. The van der Waals surface area contributed by atoms with Gasteiger partial charge in [0.2, 0.25) is 9.84 Å². The van der Waals surface area contributed by atoms with E-state index in [1.165, 1.54) is 11.1 Å². The summed E-state index contributed by atoms with van der Waals surface area (Å²) in [5, 5.41) is 0. The molecule has 25 heavy (non-hydrogen) atoms. The topological polar surface area (TPSA) is 34.1 Å². The first kappa shape index (κ1) is 18.2. The summed E-state index contributed by atoms with van der Waals surface area (Å²) in [7, 11) is -3.46. The molecule has 0 bridgehead atoms. The molecule has 0 saturated carbocycles. The quantitative estimate of drug-likeness (QED) is 0.617. The predicted octanol–water partition coefficient (Wildman–Crippen LogP) is 5.58. The van der Waals surface area contributed by atoms with Gasteiger partial charge in [-0.3, -0.25) is 0 Å². The normalized spacial score (nSPS) is 17.1. The molecule has 134 valence electrons. The zero-order chi connectivity index (χ0) is 18.8. The Hall–Kier alpha value is -1.61. The number of hydrogen-bond acceptors (Lipinski definition) is 2. The van der Waals surface area contributed by atoms with Crippen molar-refractivity contribution >= 4 is 9.84 Å². The summed E-state index contributed by atoms with van der Waals surface area (Å²) >= 11 is 0. The summed E-state index contributed by atoms with van der Waals surface area (Å²) in [6.45, 7) is 15.0. The van der Waals surface area contributed by atoms with Gasteiger partial charge in [0.1, 0.15) is 0 Å². The Bertz CT molecular complexity index is 867. The fraction of sp³-hybridized carbons (Fsp3) is 0.455. The molecular formula is C22H28O2S. The molecule has 1 heterocycles. The first-order valence-electron chi connectivity index (χ1n) is 8.87. The van der Waals surface area contributed by atoms with E-state index in [0.717, 1.165) is 11.1 Å². The molecule has 2 aromatic carbocycles. The van der Waals surface area contributed by atoms with Gasteiger partial charge in [-0.25, -0.2) is 8.42 Å². The minimum Gasteiger partial charge on any atom is -0.218 e. The summed E-state index contributed by atoms with van der Waals surface area (Å²) in [6, 6.07) is 11.7. The molecule has 0 atom stereocenters. The molecule has 2 nitrogen and oxygen atoms in total. The first-order chi connectivity index (χ1) is 11.3. The van der Waals surface area contributed by atoms with Crippen LogP contribution in [-0.4, -0.2) is 8.42 Å². The van der Waals surface area contributed by atoms with E-state index in [9.17, 15) is 8.42 Å². The van der Waals surface area contributed by atoms with Crippen LogP contribution in [0.5, 0.6) is 0 Å². The molecule has 0 aromatic heterocycles. The highest BCUT2D eigenvalue weighted by Gasteiger charge is 2.35. The fourth-order valence-corrected chi connectivity index (χ4v) is 5.31. The third kappa shape index (κ3) is 2.93. The lowest BCUT2D eigenvalue weighted by Gasteiger charge is -2.30. The minimum absolute atomic E-state index is 0.00789. The maximum Gasteiger partial charge on any atom is 0.207 e. The van der Waals surface area contributed by atoms with Crippen LogP contribution in [0.25, 0.3) is 0 Å². The molecule has 0 spiro atoms. The molecule has 0 N–H and O–H groups in total. The van der Waals surface area contributed by atoms with Gasteiger partial charge in [0.25, 0.3) is 0 Å². The van der Waals surface area contributed by atoms with Gasteiger partial charge >= 0.3 is 0 Å². The van der Waals surface area contributed by atoms with Crippen molar-refractivity contribution in [2.75, 3.05) is 0 Å². The molecule has 0 amide bonds. The lowest BCUT2D eigenvalue weighted by atomic mass is 9.81. The van der Waals surface area contributed by atoms with Crippen molar-refractivity contribution in [3.05, 3.63) is 58.7 Å². The molecule has 1 aliphatic heterocycles. The zero-order valence-corrected chi connectivity index (χ0v) is 17.1.